The molecule has 0 unspecified atom stereocenters. The lowest BCUT2D eigenvalue weighted by Crippen LogP contribution is -2.27. The van der Waals surface area contributed by atoms with Gasteiger partial charge in [0.25, 0.3) is 5.91 Å². The zero-order valence-corrected chi connectivity index (χ0v) is 13.3. The van der Waals surface area contributed by atoms with E-state index in [9.17, 15) is 4.79 Å². The summed E-state index contributed by atoms with van der Waals surface area (Å²) in [4.78, 5) is 22.5. The molecule has 0 aromatic carbocycles. The molecule has 0 spiro atoms. The first-order valence-electron chi connectivity index (χ1n) is 6.66. The van der Waals surface area contributed by atoms with Crippen LogP contribution in [0.4, 0.5) is 5.82 Å². The number of carbonyl (C=O) groups excluding carboxylic acids is 1. The normalized spacial score (nSPS) is 11.3. The van der Waals surface area contributed by atoms with Crippen LogP contribution in [0.3, 0.4) is 0 Å². The van der Waals surface area contributed by atoms with Crippen LogP contribution >= 0.6 is 11.6 Å². The van der Waals surface area contributed by atoms with Gasteiger partial charge in [-0.1, -0.05) is 38.4 Å². The third-order valence-corrected chi connectivity index (χ3v) is 3.30. The highest BCUT2D eigenvalue weighted by molar-refractivity contribution is 6.29. The maximum Gasteiger partial charge on any atom is 0.259 e. The molecule has 2 aromatic heterocycles. The van der Waals surface area contributed by atoms with Crippen LogP contribution in [0.25, 0.3) is 0 Å². The van der Waals surface area contributed by atoms with Crippen LogP contribution in [0.1, 0.15) is 36.8 Å². The lowest BCUT2D eigenvalue weighted by Gasteiger charge is -2.20. The molecule has 5 heteroatoms. The Bertz CT molecular complexity index is 650. The average Bonchev–Trinajstić information content (AvgIpc) is 2.45. The number of carbonyl (C=O) groups is 1. The molecule has 4 nitrogen and oxygen atoms in total. The van der Waals surface area contributed by atoms with Crippen molar-refractivity contribution in [3.8, 4) is 0 Å². The Morgan fingerprint density at radius 1 is 1.24 bits per heavy atom. The Hall–Kier alpha value is -1.94. The summed E-state index contributed by atoms with van der Waals surface area (Å²) in [6.45, 7) is 6.09. The fourth-order valence-electron chi connectivity index (χ4n) is 1.85. The zero-order chi connectivity index (χ0) is 15.6. The van der Waals surface area contributed by atoms with Gasteiger partial charge in [0.05, 0.1) is 0 Å². The summed E-state index contributed by atoms with van der Waals surface area (Å²) in [5.41, 5.74) is 1.12. The van der Waals surface area contributed by atoms with Gasteiger partial charge in [0, 0.05) is 29.9 Å². The number of halogens is 1. The highest BCUT2D eigenvalue weighted by atomic mass is 35.5. The molecule has 0 aliphatic rings. The monoisotopic (exact) mass is 303 g/mol. The lowest BCUT2D eigenvalue weighted by atomic mass is 9.91. The van der Waals surface area contributed by atoms with Crippen LogP contribution in [-0.2, 0) is 5.41 Å². The van der Waals surface area contributed by atoms with Gasteiger partial charge in [-0.2, -0.15) is 0 Å². The molecule has 0 N–H and O–H groups in total. The van der Waals surface area contributed by atoms with Crippen molar-refractivity contribution in [2.24, 2.45) is 0 Å². The number of aromatic nitrogens is 2. The molecule has 110 valence electrons. The number of nitrogens with zero attached hydrogens (tertiary/aromatic N) is 3. The van der Waals surface area contributed by atoms with Gasteiger partial charge in [-0.3, -0.25) is 9.69 Å². The van der Waals surface area contributed by atoms with Crippen LogP contribution < -0.4 is 4.90 Å². The molecule has 0 bridgehead atoms. The summed E-state index contributed by atoms with van der Waals surface area (Å²) in [6.07, 6.45) is 1.65. The van der Waals surface area contributed by atoms with E-state index in [0.29, 0.717) is 16.5 Å². The van der Waals surface area contributed by atoms with Crippen LogP contribution in [0.5, 0.6) is 0 Å². The molecular weight excluding hydrogens is 286 g/mol. The molecule has 1 amide bonds. The zero-order valence-electron chi connectivity index (χ0n) is 12.6. The predicted octanol–water partition coefficient (Wildman–Crippen LogP) is 3.70. The highest BCUT2D eigenvalue weighted by Crippen LogP contribution is 2.24. The standard InChI is InChI=1S/C16H18ClN3O/c1-16(2,3)12-9-11(10-13(17)19-12)15(21)20(4)14-7-5-6-8-18-14/h5-10H,1-4H3. The van der Waals surface area contributed by atoms with Gasteiger partial charge >= 0.3 is 0 Å². The van der Waals surface area contributed by atoms with E-state index >= 15 is 0 Å². The molecule has 0 aliphatic carbocycles. The third-order valence-electron chi connectivity index (χ3n) is 3.11. The summed E-state index contributed by atoms with van der Waals surface area (Å²) < 4.78 is 0. The van der Waals surface area contributed by atoms with Gasteiger partial charge in [0.15, 0.2) is 0 Å². The van der Waals surface area contributed by atoms with Crippen LogP contribution in [0.15, 0.2) is 36.5 Å². The van der Waals surface area contributed by atoms with E-state index in [1.54, 1.807) is 31.4 Å². The van der Waals surface area contributed by atoms with E-state index in [2.05, 4.69) is 9.97 Å². The van der Waals surface area contributed by atoms with Crippen molar-refractivity contribution in [1.82, 2.24) is 9.97 Å². The van der Waals surface area contributed by atoms with Crippen molar-refractivity contribution in [3.05, 3.63) is 52.9 Å². The summed E-state index contributed by atoms with van der Waals surface area (Å²) in [5, 5.41) is 0.320. The molecular formula is C16H18ClN3O. The molecule has 21 heavy (non-hydrogen) atoms. The van der Waals surface area contributed by atoms with E-state index in [1.807, 2.05) is 32.9 Å². The first-order chi connectivity index (χ1) is 9.79. The fraction of sp³-hybridized carbons (Fsp3) is 0.312. The molecule has 2 heterocycles. The van der Waals surface area contributed by atoms with E-state index in [1.165, 1.54) is 4.90 Å². The van der Waals surface area contributed by atoms with Crippen molar-refractivity contribution in [1.29, 1.82) is 0 Å². The molecule has 0 radical (unpaired) electrons. The molecule has 0 saturated carbocycles. The van der Waals surface area contributed by atoms with Crippen molar-refractivity contribution >= 4 is 23.3 Å². The minimum atomic E-state index is -0.177. The van der Waals surface area contributed by atoms with E-state index in [4.69, 9.17) is 11.6 Å². The molecule has 0 fully saturated rings. The average molecular weight is 304 g/mol. The van der Waals surface area contributed by atoms with E-state index < -0.39 is 0 Å². The molecule has 2 rings (SSSR count). The van der Waals surface area contributed by atoms with Crippen LogP contribution in [0.2, 0.25) is 5.15 Å². The van der Waals surface area contributed by atoms with Crippen LogP contribution in [-0.4, -0.2) is 22.9 Å². The number of hydrogen-bond donors (Lipinski definition) is 0. The fourth-order valence-corrected chi connectivity index (χ4v) is 2.06. The predicted molar refractivity (Wildman–Crippen MR) is 84.9 cm³/mol. The maximum atomic E-state index is 12.6. The van der Waals surface area contributed by atoms with Gasteiger partial charge in [-0.15, -0.1) is 0 Å². The second-order valence-corrected chi connectivity index (χ2v) is 6.25. The summed E-state index contributed by atoms with van der Waals surface area (Å²) in [5.74, 6) is 0.427. The van der Waals surface area contributed by atoms with Crippen molar-refractivity contribution in [2.45, 2.75) is 26.2 Å². The molecule has 2 aromatic rings. The topological polar surface area (TPSA) is 46.1 Å². The summed E-state index contributed by atoms with van der Waals surface area (Å²) in [7, 11) is 1.69. The first kappa shape index (κ1) is 15.4. The van der Waals surface area contributed by atoms with Crippen molar-refractivity contribution in [2.75, 3.05) is 11.9 Å². The van der Waals surface area contributed by atoms with Gasteiger partial charge in [-0.05, 0) is 24.3 Å². The van der Waals surface area contributed by atoms with Crippen LogP contribution in [0, 0.1) is 0 Å². The van der Waals surface area contributed by atoms with E-state index in [-0.39, 0.29) is 11.3 Å². The number of rotatable bonds is 2. The molecule has 0 atom stereocenters. The van der Waals surface area contributed by atoms with Crippen molar-refractivity contribution < 1.29 is 4.79 Å². The Balaban J connectivity index is 2.38. The number of anilines is 1. The maximum absolute atomic E-state index is 12.6. The Kier molecular flexibility index (Phi) is 4.28. The largest absolute Gasteiger partial charge is 0.296 e. The lowest BCUT2D eigenvalue weighted by molar-refractivity contribution is 0.0992. The summed E-state index contributed by atoms with van der Waals surface area (Å²) >= 11 is 6.05. The second-order valence-electron chi connectivity index (χ2n) is 5.87. The number of amides is 1. The van der Waals surface area contributed by atoms with Gasteiger partial charge in [-0.25, -0.2) is 9.97 Å². The highest BCUT2D eigenvalue weighted by Gasteiger charge is 2.21. The number of pyridine rings is 2. The minimum absolute atomic E-state index is 0.163. The Morgan fingerprint density at radius 3 is 2.52 bits per heavy atom. The molecule has 0 saturated heterocycles. The quantitative estimate of drug-likeness (QED) is 0.795. The second kappa shape index (κ2) is 5.82. The van der Waals surface area contributed by atoms with Crippen molar-refractivity contribution in [3.63, 3.8) is 0 Å². The number of hydrogen-bond acceptors (Lipinski definition) is 3. The Labute approximate surface area is 129 Å². The Morgan fingerprint density at radius 2 is 1.95 bits per heavy atom. The smallest absolute Gasteiger partial charge is 0.259 e. The van der Waals surface area contributed by atoms with Gasteiger partial charge in [0.1, 0.15) is 11.0 Å². The third kappa shape index (κ3) is 3.58. The molecule has 0 aliphatic heterocycles. The summed E-state index contributed by atoms with van der Waals surface area (Å²) in [6, 6.07) is 8.80. The van der Waals surface area contributed by atoms with E-state index in [0.717, 1.165) is 5.69 Å². The van der Waals surface area contributed by atoms with Gasteiger partial charge in [0.2, 0.25) is 0 Å². The minimum Gasteiger partial charge on any atom is -0.296 e. The first-order valence-corrected chi connectivity index (χ1v) is 7.04. The van der Waals surface area contributed by atoms with Gasteiger partial charge < -0.3 is 0 Å². The SMILES string of the molecule is CN(C(=O)c1cc(Cl)nc(C(C)(C)C)c1)c1ccccn1.